The SMILES string of the molecule is O=C(NCC(=O)N1CCCC1)C(=Cc1ccccc1)c1ccc(Br)cc1. The van der Waals surface area contributed by atoms with E-state index in [0.717, 1.165) is 41.5 Å². The molecular formula is C21H21BrN2O2. The van der Waals surface area contributed by atoms with E-state index >= 15 is 0 Å². The highest BCUT2D eigenvalue weighted by molar-refractivity contribution is 9.10. The third-order valence-electron chi connectivity index (χ3n) is 4.37. The molecule has 0 saturated carbocycles. The number of amides is 2. The molecule has 1 heterocycles. The van der Waals surface area contributed by atoms with E-state index in [2.05, 4.69) is 21.2 Å². The second-order valence-corrected chi connectivity index (χ2v) is 7.16. The molecule has 0 radical (unpaired) electrons. The molecule has 0 aliphatic carbocycles. The highest BCUT2D eigenvalue weighted by Gasteiger charge is 2.19. The molecule has 0 unspecified atom stereocenters. The molecule has 1 N–H and O–H groups in total. The van der Waals surface area contributed by atoms with Crippen molar-refractivity contribution < 1.29 is 9.59 Å². The van der Waals surface area contributed by atoms with Crippen molar-refractivity contribution in [2.45, 2.75) is 12.8 Å². The van der Waals surface area contributed by atoms with Crippen molar-refractivity contribution in [3.8, 4) is 0 Å². The number of hydrogen-bond acceptors (Lipinski definition) is 2. The van der Waals surface area contributed by atoms with Gasteiger partial charge in [-0.25, -0.2) is 0 Å². The first kappa shape index (κ1) is 18.4. The maximum absolute atomic E-state index is 12.8. The fourth-order valence-corrected chi connectivity index (χ4v) is 3.22. The summed E-state index contributed by atoms with van der Waals surface area (Å²) in [5, 5.41) is 2.78. The molecule has 5 heteroatoms. The van der Waals surface area contributed by atoms with Crippen LogP contribution in [0.3, 0.4) is 0 Å². The lowest BCUT2D eigenvalue weighted by molar-refractivity contribution is -0.130. The molecule has 1 fully saturated rings. The quantitative estimate of drug-likeness (QED) is 0.600. The van der Waals surface area contributed by atoms with Gasteiger partial charge in [0.1, 0.15) is 0 Å². The minimum absolute atomic E-state index is 0.0225. The van der Waals surface area contributed by atoms with Crippen LogP contribution in [0.15, 0.2) is 59.1 Å². The number of halogens is 1. The van der Waals surface area contributed by atoms with Gasteiger partial charge >= 0.3 is 0 Å². The zero-order valence-corrected chi connectivity index (χ0v) is 16.0. The van der Waals surface area contributed by atoms with Gasteiger partial charge in [0, 0.05) is 23.1 Å². The smallest absolute Gasteiger partial charge is 0.252 e. The van der Waals surface area contributed by atoms with Gasteiger partial charge in [-0.1, -0.05) is 58.4 Å². The highest BCUT2D eigenvalue weighted by Crippen LogP contribution is 2.21. The second-order valence-electron chi connectivity index (χ2n) is 6.25. The minimum atomic E-state index is -0.247. The summed E-state index contributed by atoms with van der Waals surface area (Å²) in [5.41, 5.74) is 2.28. The lowest BCUT2D eigenvalue weighted by Crippen LogP contribution is -2.38. The lowest BCUT2D eigenvalue weighted by Gasteiger charge is -2.16. The predicted octanol–water partition coefficient (Wildman–Crippen LogP) is 3.73. The number of rotatable bonds is 5. The number of nitrogens with one attached hydrogen (secondary N) is 1. The van der Waals surface area contributed by atoms with Crippen LogP contribution in [0, 0.1) is 0 Å². The molecule has 134 valence electrons. The second kappa shape index (κ2) is 8.81. The number of carbonyl (C=O) groups excluding carboxylic acids is 2. The van der Waals surface area contributed by atoms with Crippen molar-refractivity contribution in [2.75, 3.05) is 19.6 Å². The molecule has 4 nitrogen and oxygen atoms in total. The molecule has 0 bridgehead atoms. The summed E-state index contributed by atoms with van der Waals surface area (Å²) in [7, 11) is 0. The van der Waals surface area contributed by atoms with Crippen molar-refractivity contribution in [3.05, 3.63) is 70.2 Å². The van der Waals surface area contributed by atoms with E-state index in [-0.39, 0.29) is 18.4 Å². The summed E-state index contributed by atoms with van der Waals surface area (Å²) in [6.45, 7) is 1.60. The van der Waals surface area contributed by atoms with Crippen LogP contribution >= 0.6 is 15.9 Å². The van der Waals surface area contributed by atoms with Gasteiger partial charge in [0.15, 0.2) is 0 Å². The van der Waals surface area contributed by atoms with Crippen LogP contribution in [0.4, 0.5) is 0 Å². The molecule has 2 amide bonds. The van der Waals surface area contributed by atoms with E-state index < -0.39 is 0 Å². The van der Waals surface area contributed by atoms with Crippen molar-refractivity contribution in [3.63, 3.8) is 0 Å². The number of benzene rings is 2. The highest BCUT2D eigenvalue weighted by atomic mass is 79.9. The van der Waals surface area contributed by atoms with Crippen molar-refractivity contribution in [1.29, 1.82) is 0 Å². The molecule has 1 aliphatic rings. The van der Waals surface area contributed by atoms with Gasteiger partial charge in [0.25, 0.3) is 5.91 Å². The Kier molecular flexibility index (Phi) is 6.23. The molecule has 1 aliphatic heterocycles. The van der Waals surface area contributed by atoms with Crippen LogP contribution in [0.1, 0.15) is 24.0 Å². The van der Waals surface area contributed by atoms with Crippen LogP contribution in [0.5, 0.6) is 0 Å². The Hall–Kier alpha value is -2.40. The van der Waals surface area contributed by atoms with Crippen LogP contribution in [0.2, 0.25) is 0 Å². The van der Waals surface area contributed by atoms with E-state index in [1.54, 1.807) is 4.90 Å². The van der Waals surface area contributed by atoms with Gasteiger partial charge in [-0.3, -0.25) is 9.59 Å². The van der Waals surface area contributed by atoms with Gasteiger partial charge in [0.2, 0.25) is 5.91 Å². The molecular weight excluding hydrogens is 392 g/mol. The van der Waals surface area contributed by atoms with Crippen LogP contribution < -0.4 is 5.32 Å². The number of carbonyl (C=O) groups is 2. The maximum atomic E-state index is 12.8. The molecule has 0 atom stereocenters. The summed E-state index contributed by atoms with van der Waals surface area (Å²) >= 11 is 3.42. The van der Waals surface area contributed by atoms with Crippen LogP contribution in [0.25, 0.3) is 11.6 Å². The Balaban J connectivity index is 1.78. The summed E-state index contributed by atoms with van der Waals surface area (Å²) in [4.78, 5) is 26.8. The monoisotopic (exact) mass is 412 g/mol. The van der Waals surface area contributed by atoms with E-state index in [4.69, 9.17) is 0 Å². The summed E-state index contributed by atoms with van der Waals surface area (Å²) in [5.74, 6) is -0.269. The van der Waals surface area contributed by atoms with Crippen LogP contribution in [-0.2, 0) is 9.59 Å². The zero-order chi connectivity index (χ0) is 18.4. The standard InChI is InChI=1S/C21H21BrN2O2/c22-18-10-8-17(9-11-18)19(14-16-6-2-1-3-7-16)21(26)23-15-20(25)24-12-4-5-13-24/h1-3,6-11,14H,4-5,12-13,15H2,(H,23,26). The fourth-order valence-electron chi connectivity index (χ4n) is 2.95. The topological polar surface area (TPSA) is 49.4 Å². The van der Waals surface area contributed by atoms with Gasteiger partial charge in [-0.15, -0.1) is 0 Å². The minimum Gasteiger partial charge on any atom is -0.343 e. The summed E-state index contributed by atoms with van der Waals surface area (Å²) < 4.78 is 0.949. The van der Waals surface area contributed by atoms with Gasteiger partial charge < -0.3 is 10.2 Å². The number of hydrogen-bond donors (Lipinski definition) is 1. The van der Waals surface area contributed by atoms with E-state index in [1.165, 1.54) is 0 Å². The van der Waals surface area contributed by atoms with Crippen molar-refractivity contribution in [2.24, 2.45) is 0 Å². The molecule has 0 aromatic heterocycles. The Labute approximate surface area is 162 Å². The zero-order valence-electron chi connectivity index (χ0n) is 14.5. The normalized spacial score (nSPS) is 14.3. The van der Waals surface area contributed by atoms with E-state index in [1.807, 2.05) is 60.7 Å². The molecule has 2 aromatic carbocycles. The first-order valence-corrected chi connectivity index (χ1v) is 9.51. The third-order valence-corrected chi connectivity index (χ3v) is 4.90. The van der Waals surface area contributed by atoms with Gasteiger partial charge in [-0.2, -0.15) is 0 Å². The number of likely N-dealkylation sites (tertiary alicyclic amines) is 1. The van der Waals surface area contributed by atoms with Gasteiger partial charge in [0.05, 0.1) is 6.54 Å². The number of nitrogens with zero attached hydrogens (tertiary/aromatic N) is 1. The lowest BCUT2D eigenvalue weighted by atomic mass is 10.0. The largest absolute Gasteiger partial charge is 0.343 e. The molecule has 2 aromatic rings. The molecule has 1 saturated heterocycles. The molecule has 0 spiro atoms. The summed E-state index contributed by atoms with van der Waals surface area (Å²) in [6, 6.07) is 17.3. The van der Waals surface area contributed by atoms with Crippen molar-refractivity contribution in [1.82, 2.24) is 10.2 Å². The Bertz CT molecular complexity index is 795. The third kappa shape index (κ3) is 4.82. The maximum Gasteiger partial charge on any atom is 0.252 e. The first-order chi connectivity index (χ1) is 12.6. The van der Waals surface area contributed by atoms with E-state index in [9.17, 15) is 9.59 Å². The first-order valence-electron chi connectivity index (χ1n) is 8.72. The van der Waals surface area contributed by atoms with Crippen molar-refractivity contribution >= 4 is 39.4 Å². The fraction of sp³-hybridized carbons (Fsp3) is 0.238. The Morgan fingerprint density at radius 3 is 2.31 bits per heavy atom. The molecule has 3 rings (SSSR count). The average molecular weight is 413 g/mol. The molecule has 26 heavy (non-hydrogen) atoms. The Morgan fingerprint density at radius 2 is 1.65 bits per heavy atom. The predicted molar refractivity (Wildman–Crippen MR) is 107 cm³/mol. The summed E-state index contributed by atoms with van der Waals surface area (Å²) in [6.07, 6.45) is 3.92. The van der Waals surface area contributed by atoms with Gasteiger partial charge in [-0.05, 0) is 42.2 Å². The average Bonchev–Trinajstić information content (AvgIpc) is 3.20. The van der Waals surface area contributed by atoms with Crippen LogP contribution in [-0.4, -0.2) is 36.3 Å². The van der Waals surface area contributed by atoms with E-state index in [0.29, 0.717) is 5.57 Å². The Morgan fingerprint density at radius 1 is 1.00 bits per heavy atom.